The minimum absolute atomic E-state index is 0.110. The van der Waals surface area contributed by atoms with Crippen LogP contribution in [0.15, 0.2) is 47.6 Å². The lowest BCUT2D eigenvalue weighted by molar-refractivity contribution is 0.0694. The van der Waals surface area contributed by atoms with Crippen molar-refractivity contribution < 1.29 is 9.94 Å². The van der Waals surface area contributed by atoms with Crippen molar-refractivity contribution in [1.29, 1.82) is 0 Å². The Balaban J connectivity index is 1.80. The SMILES string of the molecule is CCC(=NOC)[C@H]1[C@@H](c2ccc3ccccc3c2)CC2CC(O)[C@H]1N2C. The molecule has 0 saturated carbocycles. The van der Waals surface area contributed by atoms with E-state index >= 15 is 0 Å². The van der Waals surface area contributed by atoms with Crippen LogP contribution < -0.4 is 0 Å². The zero-order valence-corrected chi connectivity index (χ0v) is 15.8. The number of hydrogen-bond acceptors (Lipinski definition) is 4. The van der Waals surface area contributed by atoms with Crippen LogP contribution in [0.3, 0.4) is 0 Å². The van der Waals surface area contributed by atoms with Crippen molar-refractivity contribution >= 4 is 16.5 Å². The molecule has 2 bridgehead atoms. The monoisotopic (exact) mass is 352 g/mol. The number of oxime groups is 1. The molecule has 2 unspecified atom stereocenters. The van der Waals surface area contributed by atoms with Crippen LogP contribution >= 0.6 is 0 Å². The maximum atomic E-state index is 10.8. The molecule has 2 aromatic carbocycles. The Morgan fingerprint density at radius 1 is 1.19 bits per heavy atom. The predicted octanol–water partition coefficient (Wildman–Crippen LogP) is 3.79. The molecule has 0 amide bonds. The molecule has 2 aliphatic heterocycles. The normalized spacial score (nSPS) is 32.2. The van der Waals surface area contributed by atoms with E-state index in [1.165, 1.54) is 16.3 Å². The van der Waals surface area contributed by atoms with Crippen molar-refractivity contribution in [2.45, 2.75) is 50.3 Å². The van der Waals surface area contributed by atoms with Gasteiger partial charge in [0.2, 0.25) is 0 Å². The molecule has 0 aliphatic carbocycles. The summed E-state index contributed by atoms with van der Waals surface area (Å²) >= 11 is 0. The first-order valence-corrected chi connectivity index (χ1v) is 9.62. The maximum Gasteiger partial charge on any atom is 0.106 e. The Kier molecular flexibility index (Phi) is 4.72. The average Bonchev–Trinajstić information content (AvgIpc) is 2.84. The topological polar surface area (TPSA) is 45.1 Å². The quantitative estimate of drug-likeness (QED) is 0.673. The Morgan fingerprint density at radius 3 is 2.69 bits per heavy atom. The largest absolute Gasteiger partial charge is 0.399 e. The first-order valence-electron chi connectivity index (χ1n) is 9.62. The molecule has 2 heterocycles. The van der Waals surface area contributed by atoms with E-state index in [4.69, 9.17) is 4.84 Å². The number of aliphatic hydroxyl groups is 1. The van der Waals surface area contributed by atoms with Gasteiger partial charge in [-0.3, -0.25) is 4.90 Å². The fourth-order valence-electron chi connectivity index (χ4n) is 5.22. The van der Waals surface area contributed by atoms with Gasteiger partial charge in [-0.05, 0) is 48.6 Å². The Labute approximate surface area is 155 Å². The Hall–Kier alpha value is -1.91. The average molecular weight is 352 g/mol. The molecular formula is C22H28N2O2. The maximum absolute atomic E-state index is 10.8. The number of fused-ring (bicyclic) bond motifs is 3. The summed E-state index contributed by atoms with van der Waals surface area (Å²) in [5, 5.41) is 17.7. The van der Waals surface area contributed by atoms with Gasteiger partial charge in [0.15, 0.2) is 0 Å². The molecule has 4 nitrogen and oxygen atoms in total. The van der Waals surface area contributed by atoms with E-state index in [2.05, 4.69) is 66.5 Å². The van der Waals surface area contributed by atoms with Crippen molar-refractivity contribution in [3.8, 4) is 0 Å². The van der Waals surface area contributed by atoms with Crippen molar-refractivity contribution in [3.05, 3.63) is 48.0 Å². The standard InChI is InChI=1S/C22H28N2O2/c1-4-19(23-26-3)21-18(12-17-13-20(25)22(21)24(17)2)16-10-9-14-7-5-6-8-15(14)11-16/h5-11,17-18,20-22,25H,4,12-13H2,1-3H3/t17?,18-,20?,21-,22-/m1/s1. The fourth-order valence-corrected chi connectivity index (χ4v) is 5.22. The van der Waals surface area contributed by atoms with Gasteiger partial charge < -0.3 is 9.94 Å². The second-order valence-corrected chi connectivity index (χ2v) is 7.71. The van der Waals surface area contributed by atoms with Gasteiger partial charge in [0.25, 0.3) is 0 Å². The smallest absolute Gasteiger partial charge is 0.106 e. The van der Waals surface area contributed by atoms with Crippen LogP contribution in [0.2, 0.25) is 0 Å². The number of likely N-dealkylation sites (N-methyl/N-ethyl adjacent to an activating group) is 1. The summed E-state index contributed by atoms with van der Waals surface area (Å²) in [4.78, 5) is 7.54. The molecule has 4 heteroatoms. The van der Waals surface area contributed by atoms with Crippen LogP contribution in [0.5, 0.6) is 0 Å². The minimum Gasteiger partial charge on any atom is -0.399 e. The van der Waals surface area contributed by atoms with Crippen LogP contribution in [-0.4, -0.2) is 48.1 Å². The van der Waals surface area contributed by atoms with Gasteiger partial charge >= 0.3 is 0 Å². The summed E-state index contributed by atoms with van der Waals surface area (Å²) in [5.74, 6) is 0.539. The summed E-state index contributed by atoms with van der Waals surface area (Å²) in [6.07, 6.45) is 2.44. The van der Waals surface area contributed by atoms with E-state index in [1.807, 2.05) is 0 Å². The molecule has 4 rings (SSSR count). The third-order valence-corrected chi connectivity index (χ3v) is 6.44. The lowest BCUT2D eigenvalue weighted by Gasteiger charge is -2.44. The lowest BCUT2D eigenvalue weighted by atomic mass is 9.72. The molecule has 1 N–H and O–H groups in total. The highest BCUT2D eigenvalue weighted by Crippen LogP contribution is 2.47. The van der Waals surface area contributed by atoms with Gasteiger partial charge in [-0.2, -0.15) is 0 Å². The van der Waals surface area contributed by atoms with Crippen LogP contribution in [0.4, 0.5) is 0 Å². The van der Waals surface area contributed by atoms with E-state index in [0.717, 1.165) is 25.0 Å². The molecule has 2 aromatic rings. The number of nitrogens with zero attached hydrogens (tertiary/aromatic N) is 2. The first-order chi connectivity index (χ1) is 12.6. The van der Waals surface area contributed by atoms with E-state index in [-0.39, 0.29) is 18.1 Å². The summed E-state index contributed by atoms with van der Waals surface area (Å²) in [6, 6.07) is 15.9. The van der Waals surface area contributed by atoms with Gasteiger partial charge in [0.1, 0.15) is 7.11 Å². The van der Waals surface area contributed by atoms with Gasteiger partial charge in [-0.1, -0.05) is 54.5 Å². The number of rotatable bonds is 4. The molecule has 0 radical (unpaired) electrons. The van der Waals surface area contributed by atoms with Crippen molar-refractivity contribution in [2.75, 3.05) is 14.2 Å². The minimum atomic E-state index is -0.297. The highest BCUT2D eigenvalue weighted by molar-refractivity contribution is 5.89. The molecule has 2 saturated heterocycles. The van der Waals surface area contributed by atoms with E-state index in [9.17, 15) is 5.11 Å². The van der Waals surface area contributed by atoms with Crippen molar-refractivity contribution in [2.24, 2.45) is 11.1 Å². The highest BCUT2D eigenvalue weighted by Gasteiger charge is 2.52. The highest BCUT2D eigenvalue weighted by atomic mass is 16.6. The Bertz CT molecular complexity index is 819. The van der Waals surface area contributed by atoms with E-state index < -0.39 is 0 Å². The van der Waals surface area contributed by atoms with Crippen LogP contribution in [0, 0.1) is 5.92 Å². The van der Waals surface area contributed by atoms with E-state index in [1.54, 1.807) is 7.11 Å². The number of piperidine rings is 1. The molecule has 26 heavy (non-hydrogen) atoms. The molecule has 0 spiro atoms. The molecular weight excluding hydrogens is 324 g/mol. The van der Waals surface area contributed by atoms with Crippen molar-refractivity contribution in [1.82, 2.24) is 4.90 Å². The second-order valence-electron chi connectivity index (χ2n) is 7.71. The van der Waals surface area contributed by atoms with Gasteiger partial charge in [-0.15, -0.1) is 0 Å². The predicted molar refractivity (Wildman–Crippen MR) is 105 cm³/mol. The molecule has 2 fully saturated rings. The summed E-state index contributed by atoms with van der Waals surface area (Å²) in [7, 11) is 3.76. The third kappa shape index (κ3) is 2.81. The van der Waals surface area contributed by atoms with Crippen LogP contribution in [0.25, 0.3) is 10.8 Å². The second kappa shape index (κ2) is 7.01. The zero-order chi connectivity index (χ0) is 18.3. The number of aliphatic hydroxyl groups excluding tert-OH is 1. The fraction of sp³-hybridized carbons (Fsp3) is 0.500. The molecule has 0 aromatic heterocycles. The lowest BCUT2D eigenvalue weighted by Crippen LogP contribution is -2.51. The summed E-state index contributed by atoms with van der Waals surface area (Å²) < 4.78 is 0. The first kappa shape index (κ1) is 17.5. The van der Waals surface area contributed by atoms with Crippen LogP contribution in [-0.2, 0) is 4.84 Å². The van der Waals surface area contributed by atoms with Gasteiger partial charge in [-0.25, -0.2) is 0 Å². The van der Waals surface area contributed by atoms with Gasteiger partial charge in [0.05, 0.1) is 11.8 Å². The number of hydrogen-bond donors (Lipinski definition) is 1. The zero-order valence-electron chi connectivity index (χ0n) is 15.8. The number of benzene rings is 2. The molecule has 2 aliphatic rings. The third-order valence-electron chi connectivity index (χ3n) is 6.44. The molecule has 5 atom stereocenters. The molecule has 138 valence electrons. The Morgan fingerprint density at radius 2 is 1.96 bits per heavy atom. The summed E-state index contributed by atoms with van der Waals surface area (Å²) in [5.41, 5.74) is 2.41. The van der Waals surface area contributed by atoms with E-state index in [0.29, 0.717) is 12.0 Å². The van der Waals surface area contributed by atoms with Crippen LogP contribution in [0.1, 0.15) is 37.7 Å². The van der Waals surface area contributed by atoms with Gasteiger partial charge in [0, 0.05) is 18.0 Å². The summed E-state index contributed by atoms with van der Waals surface area (Å²) in [6.45, 7) is 2.13. The van der Waals surface area contributed by atoms with Crippen molar-refractivity contribution in [3.63, 3.8) is 0 Å².